The number of ether oxygens (including phenoxy) is 1. The summed E-state index contributed by atoms with van der Waals surface area (Å²) in [5.41, 5.74) is 1.31. The Balaban J connectivity index is 2.24. The summed E-state index contributed by atoms with van der Waals surface area (Å²) in [6, 6.07) is 4.77. The number of methoxy groups -OCH3 is 1. The van der Waals surface area contributed by atoms with Gasteiger partial charge in [-0.15, -0.1) is 0 Å². The molecule has 1 N–H and O–H groups in total. The highest BCUT2D eigenvalue weighted by Crippen LogP contribution is 2.38. The predicted molar refractivity (Wildman–Crippen MR) is 67.4 cm³/mol. The second-order valence-electron chi connectivity index (χ2n) is 4.29. The van der Waals surface area contributed by atoms with Gasteiger partial charge in [-0.25, -0.2) is 18.2 Å². The standard InChI is InChI=1S/C13H15F3N2O/c1-19-12-4-2-3-10-13(12)11(18-7-17-10)5-8(15)9(16)6-14/h2-4,7-9,11H,5-6H2,1H3,(H,17,18). The molecule has 0 aromatic heterocycles. The first-order valence-corrected chi connectivity index (χ1v) is 5.97. The highest BCUT2D eigenvalue weighted by Gasteiger charge is 2.29. The predicted octanol–water partition coefficient (Wildman–Crippen LogP) is 3.04. The smallest absolute Gasteiger partial charge is 0.159 e. The third-order valence-corrected chi connectivity index (χ3v) is 3.09. The van der Waals surface area contributed by atoms with Gasteiger partial charge in [-0.3, -0.25) is 0 Å². The van der Waals surface area contributed by atoms with E-state index in [-0.39, 0.29) is 6.42 Å². The van der Waals surface area contributed by atoms with Gasteiger partial charge in [-0.05, 0) is 12.1 Å². The maximum atomic E-state index is 13.6. The van der Waals surface area contributed by atoms with Gasteiger partial charge in [0, 0.05) is 12.0 Å². The molecule has 1 aliphatic heterocycles. The van der Waals surface area contributed by atoms with Crippen molar-refractivity contribution in [3.05, 3.63) is 23.8 Å². The molecule has 0 saturated carbocycles. The number of halogens is 3. The lowest BCUT2D eigenvalue weighted by Crippen LogP contribution is -2.30. The van der Waals surface area contributed by atoms with E-state index in [9.17, 15) is 13.2 Å². The number of aliphatic imine (C=N–C) groups is 1. The fourth-order valence-corrected chi connectivity index (χ4v) is 2.11. The van der Waals surface area contributed by atoms with Gasteiger partial charge in [0.05, 0.1) is 25.2 Å². The summed E-state index contributed by atoms with van der Waals surface area (Å²) in [6.45, 7) is -1.32. The number of nitrogens with one attached hydrogen (secondary N) is 1. The number of alkyl halides is 3. The van der Waals surface area contributed by atoms with Crippen molar-refractivity contribution in [2.24, 2.45) is 4.99 Å². The van der Waals surface area contributed by atoms with Gasteiger partial charge in [-0.2, -0.15) is 0 Å². The molecule has 0 amide bonds. The molecule has 1 heterocycles. The van der Waals surface area contributed by atoms with Crippen LogP contribution in [0.15, 0.2) is 23.2 Å². The van der Waals surface area contributed by atoms with Crippen LogP contribution in [0.2, 0.25) is 0 Å². The molecule has 1 aromatic carbocycles. The highest BCUT2D eigenvalue weighted by molar-refractivity contribution is 5.70. The van der Waals surface area contributed by atoms with Crippen LogP contribution in [-0.2, 0) is 0 Å². The molecule has 2 rings (SSSR count). The van der Waals surface area contributed by atoms with E-state index in [2.05, 4.69) is 10.3 Å². The molecule has 3 unspecified atom stereocenters. The third-order valence-electron chi connectivity index (χ3n) is 3.09. The van der Waals surface area contributed by atoms with Crippen LogP contribution in [0, 0.1) is 0 Å². The second kappa shape index (κ2) is 5.95. The molecule has 1 aromatic rings. The summed E-state index contributed by atoms with van der Waals surface area (Å²) in [4.78, 5) is 4.12. The van der Waals surface area contributed by atoms with E-state index >= 15 is 0 Å². The van der Waals surface area contributed by atoms with Crippen molar-refractivity contribution in [3.63, 3.8) is 0 Å². The van der Waals surface area contributed by atoms with E-state index in [1.165, 1.54) is 13.4 Å². The molecule has 104 valence electrons. The average molecular weight is 272 g/mol. The Kier molecular flexibility index (Phi) is 4.29. The summed E-state index contributed by atoms with van der Waals surface area (Å²) in [5.74, 6) is 0.551. The Morgan fingerprint density at radius 3 is 2.84 bits per heavy atom. The quantitative estimate of drug-likeness (QED) is 0.893. The Labute approximate surface area is 109 Å². The van der Waals surface area contributed by atoms with E-state index in [4.69, 9.17) is 4.74 Å². The van der Waals surface area contributed by atoms with Gasteiger partial charge in [0.1, 0.15) is 18.6 Å². The fourth-order valence-electron chi connectivity index (χ4n) is 2.11. The summed E-state index contributed by atoms with van der Waals surface area (Å²) in [7, 11) is 1.50. The third kappa shape index (κ3) is 2.83. The molecule has 6 heteroatoms. The summed E-state index contributed by atoms with van der Waals surface area (Å²) < 4.78 is 43.9. The van der Waals surface area contributed by atoms with Gasteiger partial charge in [-0.1, -0.05) is 6.07 Å². The lowest BCUT2D eigenvalue weighted by atomic mass is 9.96. The average Bonchev–Trinajstić information content (AvgIpc) is 2.45. The molecule has 0 aliphatic carbocycles. The van der Waals surface area contributed by atoms with Crippen molar-refractivity contribution in [1.29, 1.82) is 0 Å². The zero-order valence-corrected chi connectivity index (χ0v) is 10.4. The molecule has 3 atom stereocenters. The van der Waals surface area contributed by atoms with E-state index in [0.29, 0.717) is 17.0 Å². The summed E-state index contributed by atoms with van der Waals surface area (Å²) in [5, 5.41) is 2.86. The first kappa shape index (κ1) is 13.7. The first-order chi connectivity index (χ1) is 9.17. The Bertz CT molecular complexity index is 467. The van der Waals surface area contributed by atoms with Crippen molar-refractivity contribution in [3.8, 4) is 5.75 Å². The molecule has 0 spiro atoms. The number of benzene rings is 1. The minimum absolute atomic E-state index is 0.176. The minimum Gasteiger partial charge on any atom is -0.496 e. The molecule has 0 fully saturated rings. The molecule has 19 heavy (non-hydrogen) atoms. The molecule has 0 saturated heterocycles. The van der Waals surface area contributed by atoms with Gasteiger partial charge in [0.2, 0.25) is 0 Å². The molecular formula is C13H15F3N2O. The van der Waals surface area contributed by atoms with Crippen molar-refractivity contribution >= 4 is 12.0 Å². The molecule has 1 aliphatic rings. The minimum atomic E-state index is -2.10. The zero-order chi connectivity index (χ0) is 13.8. The monoisotopic (exact) mass is 272 g/mol. The van der Waals surface area contributed by atoms with Crippen LogP contribution in [0.5, 0.6) is 5.75 Å². The summed E-state index contributed by atoms with van der Waals surface area (Å²) >= 11 is 0. The van der Waals surface area contributed by atoms with Crippen LogP contribution >= 0.6 is 0 Å². The van der Waals surface area contributed by atoms with E-state index in [1.807, 2.05) is 0 Å². The number of nitrogens with zero attached hydrogens (tertiary/aromatic N) is 1. The Morgan fingerprint density at radius 1 is 1.37 bits per heavy atom. The van der Waals surface area contributed by atoms with Gasteiger partial charge in [0.25, 0.3) is 0 Å². The highest BCUT2D eigenvalue weighted by atomic mass is 19.2. The number of rotatable bonds is 5. The van der Waals surface area contributed by atoms with Crippen molar-refractivity contribution in [2.45, 2.75) is 24.8 Å². The summed E-state index contributed by atoms with van der Waals surface area (Å²) in [6.07, 6.45) is -2.71. The fraction of sp³-hybridized carbons (Fsp3) is 0.462. The second-order valence-corrected chi connectivity index (χ2v) is 4.29. The van der Waals surface area contributed by atoms with Crippen molar-refractivity contribution in [1.82, 2.24) is 5.32 Å². The van der Waals surface area contributed by atoms with Crippen LogP contribution in [0.1, 0.15) is 18.0 Å². The zero-order valence-electron chi connectivity index (χ0n) is 10.4. The first-order valence-electron chi connectivity index (χ1n) is 5.97. The maximum absolute atomic E-state index is 13.6. The lowest BCUT2D eigenvalue weighted by Gasteiger charge is -2.26. The SMILES string of the molecule is COc1cccc2c1C(CC(F)C(F)CF)NC=N2. The van der Waals surface area contributed by atoms with Crippen LogP contribution in [-0.4, -0.2) is 32.5 Å². The maximum Gasteiger partial charge on any atom is 0.159 e. The van der Waals surface area contributed by atoms with Crippen molar-refractivity contribution < 1.29 is 17.9 Å². The normalized spacial score (nSPS) is 20.3. The van der Waals surface area contributed by atoms with Crippen LogP contribution in [0.25, 0.3) is 0 Å². The van der Waals surface area contributed by atoms with Crippen LogP contribution in [0.4, 0.5) is 18.9 Å². The molecule has 0 radical (unpaired) electrons. The lowest BCUT2D eigenvalue weighted by molar-refractivity contribution is 0.122. The number of fused-ring (bicyclic) bond motifs is 1. The molecule has 0 bridgehead atoms. The molecular weight excluding hydrogens is 257 g/mol. The van der Waals surface area contributed by atoms with Gasteiger partial charge >= 0.3 is 0 Å². The largest absolute Gasteiger partial charge is 0.496 e. The van der Waals surface area contributed by atoms with E-state index in [0.717, 1.165) is 0 Å². The topological polar surface area (TPSA) is 33.6 Å². The van der Waals surface area contributed by atoms with E-state index < -0.39 is 25.1 Å². The van der Waals surface area contributed by atoms with Crippen LogP contribution < -0.4 is 10.1 Å². The molecule has 3 nitrogen and oxygen atoms in total. The Morgan fingerprint density at radius 2 is 2.16 bits per heavy atom. The number of hydrogen-bond donors (Lipinski definition) is 1. The Hall–Kier alpha value is -1.72. The number of hydrogen-bond acceptors (Lipinski definition) is 3. The van der Waals surface area contributed by atoms with Crippen molar-refractivity contribution in [2.75, 3.05) is 13.8 Å². The van der Waals surface area contributed by atoms with Gasteiger partial charge in [0.15, 0.2) is 6.17 Å². The van der Waals surface area contributed by atoms with Gasteiger partial charge < -0.3 is 10.1 Å². The van der Waals surface area contributed by atoms with E-state index in [1.54, 1.807) is 18.2 Å². The van der Waals surface area contributed by atoms with Crippen LogP contribution in [0.3, 0.4) is 0 Å².